The Hall–Kier alpha value is -1.40. The van der Waals surface area contributed by atoms with Gasteiger partial charge in [-0.3, -0.25) is 9.59 Å². The van der Waals surface area contributed by atoms with Crippen molar-refractivity contribution in [3.05, 3.63) is 34.3 Å². The molecule has 2 amide bonds. The minimum atomic E-state index is -0.412. The summed E-state index contributed by atoms with van der Waals surface area (Å²) in [5.74, 6) is 0.0892. The van der Waals surface area contributed by atoms with Crippen LogP contribution in [0.4, 0.5) is 0 Å². The number of piperazine rings is 1. The molecule has 1 fully saturated rings. The molecule has 1 unspecified atom stereocenters. The molecule has 25 heavy (non-hydrogen) atoms. The smallest absolute Gasteiger partial charge is 0.240 e. The predicted molar refractivity (Wildman–Crippen MR) is 103 cm³/mol. The first kappa shape index (κ1) is 19.9. The molecule has 1 N–H and O–H groups in total. The van der Waals surface area contributed by atoms with Gasteiger partial charge in [0.05, 0.1) is 12.5 Å². The van der Waals surface area contributed by atoms with Crippen LogP contribution in [0.2, 0.25) is 0 Å². The van der Waals surface area contributed by atoms with Crippen molar-refractivity contribution in [3.8, 4) is 0 Å². The molecule has 0 aliphatic carbocycles. The van der Waals surface area contributed by atoms with Crippen molar-refractivity contribution in [3.63, 3.8) is 0 Å². The van der Waals surface area contributed by atoms with Gasteiger partial charge in [-0.15, -0.1) is 0 Å². The molecule has 138 valence electrons. The Bertz CT molecular complexity index is 588. The maximum atomic E-state index is 12.8. The van der Waals surface area contributed by atoms with Crippen LogP contribution in [0.15, 0.2) is 28.7 Å². The van der Waals surface area contributed by atoms with Crippen LogP contribution in [0, 0.1) is 0 Å². The van der Waals surface area contributed by atoms with Crippen molar-refractivity contribution in [2.75, 3.05) is 26.2 Å². The summed E-state index contributed by atoms with van der Waals surface area (Å²) in [5, 5.41) is 3.22. The lowest BCUT2D eigenvalue weighted by Crippen LogP contribution is -2.56. The van der Waals surface area contributed by atoms with Crippen molar-refractivity contribution < 1.29 is 9.59 Å². The molecule has 1 heterocycles. The van der Waals surface area contributed by atoms with Gasteiger partial charge in [0.25, 0.3) is 0 Å². The first-order chi connectivity index (χ1) is 12.0. The molecule has 0 spiro atoms. The van der Waals surface area contributed by atoms with Crippen LogP contribution in [-0.2, 0) is 16.1 Å². The molecule has 6 heteroatoms. The molecule has 1 aromatic carbocycles. The predicted octanol–water partition coefficient (Wildman–Crippen LogP) is 2.79. The lowest BCUT2D eigenvalue weighted by atomic mass is 10.1. The van der Waals surface area contributed by atoms with E-state index in [-0.39, 0.29) is 18.2 Å². The standard InChI is InChI=1S/C19H28BrN3O2/c1-3-9-22(10-4-2)18(24)13-17-19(25)23(11-8-21-17)14-15-6-5-7-16(20)12-15/h5-7,12,17,21H,3-4,8-11,13-14H2,1-2H3. The normalized spacial score (nSPS) is 17.6. The SMILES string of the molecule is CCCN(CCC)C(=O)CC1NCCN(Cc2cccc(Br)c2)C1=O. The molecule has 0 aromatic heterocycles. The number of nitrogens with zero attached hydrogens (tertiary/aromatic N) is 2. The van der Waals surface area contributed by atoms with E-state index in [0.29, 0.717) is 13.1 Å². The van der Waals surface area contributed by atoms with Gasteiger partial charge in [-0.25, -0.2) is 0 Å². The Balaban J connectivity index is 1.97. The minimum absolute atomic E-state index is 0.0209. The van der Waals surface area contributed by atoms with Gasteiger partial charge in [-0.2, -0.15) is 0 Å². The van der Waals surface area contributed by atoms with Gasteiger partial charge in [0.2, 0.25) is 11.8 Å². The largest absolute Gasteiger partial charge is 0.343 e. The van der Waals surface area contributed by atoms with Gasteiger partial charge < -0.3 is 15.1 Å². The Morgan fingerprint density at radius 3 is 2.68 bits per heavy atom. The molecule has 0 saturated carbocycles. The summed E-state index contributed by atoms with van der Waals surface area (Å²) in [6.45, 7) is 7.63. The molecule has 5 nitrogen and oxygen atoms in total. The Morgan fingerprint density at radius 1 is 1.32 bits per heavy atom. The molecule has 1 aliphatic heterocycles. The van der Waals surface area contributed by atoms with E-state index in [0.717, 1.165) is 42.5 Å². The van der Waals surface area contributed by atoms with Crippen LogP contribution in [0.1, 0.15) is 38.7 Å². The Kier molecular flexibility index (Phi) is 7.90. The van der Waals surface area contributed by atoms with Gasteiger partial charge in [0.1, 0.15) is 0 Å². The van der Waals surface area contributed by atoms with E-state index < -0.39 is 6.04 Å². The van der Waals surface area contributed by atoms with E-state index in [1.54, 1.807) is 0 Å². The summed E-state index contributed by atoms with van der Waals surface area (Å²) in [4.78, 5) is 29.0. The van der Waals surface area contributed by atoms with Crippen molar-refractivity contribution in [1.29, 1.82) is 0 Å². The summed E-state index contributed by atoms with van der Waals surface area (Å²) in [6, 6.07) is 7.58. The fourth-order valence-corrected chi connectivity index (χ4v) is 3.62. The molecule has 2 rings (SSSR count). The van der Waals surface area contributed by atoms with Crippen LogP contribution >= 0.6 is 15.9 Å². The summed E-state index contributed by atoms with van der Waals surface area (Å²) < 4.78 is 1.01. The van der Waals surface area contributed by atoms with Crippen LogP contribution in [-0.4, -0.2) is 53.8 Å². The number of amides is 2. The summed E-state index contributed by atoms with van der Waals surface area (Å²) >= 11 is 3.47. The minimum Gasteiger partial charge on any atom is -0.343 e. The Labute approximate surface area is 158 Å². The second-order valence-corrected chi connectivity index (χ2v) is 7.40. The number of rotatable bonds is 8. The number of benzene rings is 1. The van der Waals surface area contributed by atoms with Gasteiger partial charge in [-0.05, 0) is 30.5 Å². The quantitative estimate of drug-likeness (QED) is 0.717. The van der Waals surface area contributed by atoms with Crippen LogP contribution in [0.3, 0.4) is 0 Å². The van der Waals surface area contributed by atoms with Crippen molar-refractivity contribution in [2.24, 2.45) is 0 Å². The van der Waals surface area contributed by atoms with E-state index >= 15 is 0 Å². The highest BCUT2D eigenvalue weighted by atomic mass is 79.9. The highest BCUT2D eigenvalue weighted by Crippen LogP contribution is 2.16. The van der Waals surface area contributed by atoms with Crippen LogP contribution in [0.5, 0.6) is 0 Å². The van der Waals surface area contributed by atoms with Gasteiger partial charge in [0, 0.05) is 37.2 Å². The third-order valence-electron chi connectivity index (χ3n) is 4.36. The van der Waals surface area contributed by atoms with Crippen molar-refractivity contribution in [2.45, 2.75) is 45.7 Å². The fourth-order valence-electron chi connectivity index (χ4n) is 3.17. The topological polar surface area (TPSA) is 52.7 Å². The molecule has 1 aromatic rings. The molecule has 1 saturated heterocycles. The highest BCUT2D eigenvalue weighted by molar-refractivity contribution is 9.10. The maximum Gasteiger partial charge on any atom is 0.240 e. The number of hydrogen-bond acceptors (Lipinski definition) is 3. The van der Waals surface area contributed by atoms with Crippen LogP contribution in [0.25, 0.3) is 0 Å². The molecule has 1 atom stereocenters. The zero-order chi connectivity index (χ0) is 18.2. The Morgan fingerprint density at radius 2 is 2.04 bits per heavy atom. The van der Waals surface area contributed by atoms with E-state index in [2.05, 4.69) is 35.1 Å². The van der Waals surface area contributed by atoms with E-state index in [1.807, 2.05) is 34.1 Å². The molecule has 1 aliphatic rings. The van der Waals surface area contributed by atoms with E-state index in [1.165, 1.54) is 0 Å². The average Bonchev–Trinajstić information content (AvgIpc) is 2.58. The number of carbonyl (C=O) groups excluding carboxylic acids is 2. The number of carbonyl (C=O) groups is 2. The van der Waals surface area contributed by atoms with Gasteiger partial charge in [0.15, 0.2) is 0 Å². The molecule has 0 radical (unpaired) electrons. The second kappa shape index (κ2) is 9.92. The first-order valence-corrected chi connectivity index (χ1v) is 9.88. The highest BCUT2D eigenvalue weighted by Gasteiger charge is 2.31. The number of hydrogen-bond donors (Lipinski definition) is 1. The maximum absolute atomic E-state index is 12.8. The monoisotopic (exact) mass is 409 g/mol. The first-order valence-electron chi connectivity index (χ1n) is 9.09. The van der Waals surface area contributed by atoms with E-state index in [9.17, 15) is 9.59 Å². The third-order valence-corrected chi connectivity index (χ3v) is 4.86. The molecular formula is C19H28BrN3O2. The number of nitrogens with one attached hydrogen (secondary N) is 1. The zero-order valence-electron chi connectivity index (χ0n) is 15.1. The second-order valence-electron chi connectivity index (χ2n) is 6.48. The lowest BCUT2D eigenvalue weighted by molar-refractivity contribution is -0.141. The van der Waals surface area contributed by atoms with Crippen molar-refractivity contribution in [1.82, 2.24) is 15.1 Å². The van der Waals surface area contributed by atoms with E-state index in [4.69, 9.17) is 0 Å². The fraction of sp³-hybridized carbons (Fsp3) is 0.579. The molecular weight excluding hydrogens is 382 g/mol. The lowest BCUT2D eigenvalue weighted by Gasteiger charge is -2.34. The number of halogens is 1. The van der Waals surface area contributed by atoms with Gasteiger partial charge >= 0.3 is 0 Å². The summed E-state index contributed by atoms with van der Waals surface area (Å²) in [6.07, 6.45) is 2.12. The summed E-state index contributed by atoms with van der Waals surface area (Å²) in [5.41, 5.74) is 1.09. The third kappa shape index (κ3) is 5.82. The summed E-state index contributed by atoms with van der Waals surface area (Å²) in [7, 11) is 0. The van der Waals surface area contributed by atoms with Gasteiger partial charge in [-0.1, -0.05) is 41.9 Å². The molecule has 0 bridgehead atoms. The van der Waals surface area contributed by atoms with Crippen molar-refractivity contribution >= 4 is 27.7 Å². The van der Waals surface area contributed by atoms with Crippen LogP contribution < -0.4 is 5.32 Å². The average molecular weight is 410 g/mol. The zero-order valence-corrected chi connectivity index (χ0v) is 16.7.